The second-order valence-corrected chi connectivity index (χ2v) is 20.0. The first-order valence-electron chi connectivity index (χ1n) is 29.1. The average molecular weight is 1000 g/mol. The average Bonchev–Trinajstić information content (AvgIpc) is 3.37. The first kappa shape index (κ1) is 66.4. The third kappa shape index (κ3) is 36.9. The Morgan fingerprint density at radius 3 is 1.48 bits per heavy atom. The molecule has 0 spiro atoms. The number of unbranched alkanes of at least 4 members (excludes halogenated alkanes) is 26. The Morgan fingerprint density at radius 2 is 0.972 bits per heavy atom. The number of amides is 1. The van der Waals surface area contributed by atoms with Gasteiger partial charge in [-0.05, 0) is 64.2 Å². The number of rotatable bonds is 48. The molecular formula is C60H107NO10. The summed E-state index contributed by atoms with van der Waals surface area (Å²) in [5, 5.41) is 56.7. The molecule has 11 nitrogen and oxygen atoms in total. The Bertz CT molecular complexity index is 1380. The Morgan fingerprint density at radius 1 is 0.549 bits per heavy atom. The van der Waals surface area contributed by atoms with Crippen molar-refractivity contribution >= 4 is 11.9 Å². The fourth-order valence-electron chi connectivity index (χ4n) is 8.76. The lowest BCUT2D eigenvalue weighted by Crippen LogP contribution is -2.61. The third-order valence-electron chi connectivity index (χ3n) is 13.4. The second kappa shape index (κ2) is 48.3. The highest BCUT2D eigenvalue weighted by atomic mass is 16.7. The molecule has 0 aromatic carbocycles. The number of ether oxygens (including phenoxy) is 3. The van der Waals surface area contributed by atoms with Crippen molar-refractivity contribution in [2.24, 2.45) is 0 Å². The maximum Gasteiger partial charge on any atom is 0.306 e. The van der Waals surface area contributed by atoms with Crippen molar-refractivity contribution in [2.75, 3.05) is 13.2 Å². The number of esters is 1. The quantitative estimate of drug-likeness (QED) is 0.0196. The van der Waals surface area contributed by atoms with Crippen LogP contribution in [0, 0.1) is 0 Å². The van der Waals surface area contributed by atoms with Crippen molar-refractivity contribution in [1.82, 2.24) is 5.32 Å². The van der Waals surface area contributed by atoms with Crippen LogP contribution < -0.4 is 5.32 Å². The first-order chi connectivity index (χ1) is 34.7. The summed E-state index contributed by atoms with van der Waals surface area (Å²) in [6.07, 6.45) is 48.4. The molecule has 1 aliphatic rings. The Hall–Kier alpha value is -2.64. The highest BCUT2D eigenvalue weighted by Gasteiger charge is 2.47. The molecule has 0 aromatic heterocycles. The van der Waals surface area contributed by atoms with Crippen LogP contribution in [-0.4, -0.2) is 99.6 Å². The smallest absolute Gasteiger partial charge is 0.306 e. The van der Waals surface area contributed by atoms with E-state index in [9.17, 15) is 35.1 Å². The number of hydrogen-bond acceptors (Lipinski definition) is 10. The molecule has 1 amide bonds. The molecule has 8 unspecified atom stereocenters. The SMILES string of the molecule is CCCCC/C=C\C/C=C\C/C=C\C/C=C\CCC(O)C(=O)NC(COC1OC(CO)C(O)C(O)C1OC(=O)CCCCCCCCCCCCCCC)C(O)/C=C/CCCCCCCCCCCCC. The van der Waals surface area contributed by atoms with Crippen molar-refractivity contribution in [3.8, 4) is 0 Å². The number of allylic oxidation sites excluding steroid dienone is 9. The highest BCUT2D eigenvalue weighted by molar-refractivity contribution is 5.80. The van der Waals surface area contributed by atoms with E-state index in [1.807, 2.05) is 18.2 Å². The molecule has 6 N–H and O–H groups in total. The van der Waals surface area contributed by atoms with Gasteiger partial charge in [-0.15, -0.1) is 0 Å². The van der Waals surface area contributed by atoms with Gasteiger partial charge in [0.05, 0.1) is 25.4 Å². The summed E-state index contributed by atoms with van der Waals surface area (Å²) >= 11 is 0. The van der Waals surface area contributed by atoms with Crippen molar-refractivity contribution in [2.45, 2.75) is 294 Å². The van der Waals surface area contributed by atoms with E-state index in [1.54, 1.807) is 6.08 Å². The number of nitrogens with one attached hydrogen (secondary N) is 1. The van der Waals surface area contributed by atoms with Crippen molar-refractivity contribution in [3.63, 3.8) is 0 Å². The van der Waals surface area contributed by atoms with Crippen LogP contribution in [0.25, 0.3) is 0 Å². The van der Waals surface area contributed by atoms with E-state index >= 15 is 0 Å². The van der Waals surface area contributed by atoms with E-state index in [-0.39, 0.29) is 19.4 Å². The van der Waals surface area contributed by atoms with E-state index in [2.05, 4.69) is 62.5 Å². The van der Waals surface area contributed by atoms with Gasteiger partial charge < -0.3 is 45.1 Å². The van der Waals surface area contributed by atoms with Gasteiger partial charge >= 0.3 is 5.97 Å². The molecule has 1 saturated heterocycles. The Balaban J connectivity index is 2.79. The van der Waals surface area contributed by atoms with Crippen LogP contribution in [0.15, 0.2) is 60.8 Å². The lowest BCUT2D eigenvalue weighted by atomic mass is 9.99. The summed E-state index contributed by atoms with van der Waals surface area (Å²) in [6, 6.07) is -1.05. The second-order valence-electron chi connectivity index (χ2n) is 20.0. The zero-order valence-electron chi connectivity index (χ0n) is 45.3. The van der Waals surface area contributed by atoms with Gasteiger partial charge in [0.2, 0.25) is 5.91 Å². The van der Waals surface area contributed by atoms with Crippen molar-refractivity contribution < 1.29 is 49.3 Å². The fourth-order valence-corrected chi connectivity index (χ4v) is 8.76. The van der Waals surface area contributed by atoms with Crippen LogP contribution in [0.4, 0.5) is 0 Å². The van der Waals surface area contributed by atoms with Gasteiger partial charge in [0.15, 0.2) is 12.4 Å². The maximum atomic E-state index is 13.4. The van der Waals surface area contributed by atoms with E-state index in [1.165, 1.54) is 135 Å². The van der Waals surface area contributed by atoms with Gasteiger partial charge in [-0.25, -0.2) is 0 Å². The minimum absolute atomic E-state index is 0.119. The van der Waals surface area contributed by atoms with Gasteiger partial charge in [-0.2, -0.15) is 0 Å². The lowest BCUT2D eigenvalue weighted by Gasteiger charge is -2.41. The molecule has 1 aliphatic heterocycles. The van der Waals surface area contributed by atoms with E-state index in [0.717, 1.165) is 64.2 Å². The van der Waals surface area contributed by atoms with Crippen molar-refractivity contribution in [1.29, 1.82) is 0 Å². The molecule has 1 heterocycles. The van der Waals surface area contributed by atoms with E-state index in [0.29, 0.717) is 12.8 Å². The molecule has 1 rings (SSSR count). The molecule has 1 fully saturated rings. The van der Waals surface area contributed by atoms with Gasteiger partial charge in [-0.3, -0.25) is 9.59 Å². The molecule has 71 heavy (non-hydrogen) atoms. The summed E-state index contributed by atoms with van der Waals surface area (Å²) < 4.78 is 17.5. The third-order valence-corrected chi connectivity index (χ3v) is 13.4. The number of hydrogen-bond donors (Lipinski definition) is 6. The van der Waals surface area contributed by atoms with Gasteiger partial charge in [-0.1, -0.05) is 236 Å². The first-order valence-corrected chi connectivity index (χ1v) is 29.1. The normalized spacial score (nSPS) is 20.0. The lowest BCUT2D eigenvalue weighted by molar-refractivity contribution is -0.305. The summed E-state index contributed by atoms with van der Waals surface area (Å²) in [4.78, 5) is 26.4. The van der Waals surface area contributed by atoms with Crippen LogP contribution in [0.5, 0.6) is 0 Å². The summed E-state index contributed by atoms with van der Waals surface area (Å²) in [5.74, 6) is -1.25. The predicted molar refractivity (Wildman–Crippen MR) is 292 cm³/mol. The largest absolute Gasteiger partial charge is 0.454 e. The zero-order chi connectivity index (χ0) is 51.8. The summed E-state index contributed by atoms with van der Waals surface area (Å²) in [5.41, 5.74) is 0. The van der Waals surface area contributed by atoms with Gasteiger partial charge in [0, 0.05) is 6.42 Å². The number of aliphatic hydroxyl groups excluding tert-OH is 5. The molecule has 0 saturated carbocycles. The van der Waals surface area contributed by atoms with E-state index < -0.39 is 67.4 Å². The van der Waals surface area contributed by atoms with E-state index in [4.69, 9.17) is 14.2 Å². The minimum atomic E-state index is -1.62. The number of carbonyl (C=O) groups is 2. The molecular weight excluding hydrogens is 895 g/mol. The molecule has 11 heteroatoms. The molecule has 0 aromatic rings. The minimum Gasteiger partial charge on any atom is -0.454 e. The molecule has 0 radical (unpaired) electrons. The molecule has 0 bridgehead atoms. The van der Waals surface area contributed by atoms with Crippen LogP contribution >= 0.6 is 0 Å². The Kier molecular flexibility index (Phi) is 45.2. The van der Waals surface area contributed by atoms with Crippen LogP contribution in [0.3, 0.4) is 0 Å². The van der Waals surface area contributed by atoms with Gasteiger partial charge in [0.25, 0.3) is 0 Å². The number of carbonyl (C=O) groups excluding carboxylic acids is 2. The fraction of sp³-hybridized carbons (Fsp3) is 0.800. The van der Waals surface area contributed by atoms with Crippen molar-refractivity contribution in [3.05, 3.63) is 60.8 Å². The zero-order valence-corrected chi connectivity index (χ0v) is 45.3. The van der Waals surface area contributed by atoms with Crippen LogP contribution in [-0.2, 0) is 23.8 Å². The molecule has 0 aliphatic carbocycles. The molecule has 412 valence electrons. The summed E-state index contributed by atoms with van der Waals surface area (Å²) in [6.45, 7) is 5.71. The highest BCUT2D eigenvalue weighted by Crippen LogP contribution is 2.26. The Labute approximate surface area is 433 Å². The predicted octanol–water partition coefficient (Wildman–Crippen LogP) is 13.1. The monoisotopic (exact) mass is 1000 g/mol. The standard InChI is InChI=1S/C60H107NO10/c1-4-7-10-13-16-19-22-25-26-27-30-32-35-38-41-44-47-53(64)59(68)61-51(52(63)46-43-40-37-34-31-28-23-20-17-14-11-8-5-2)50-69-60-58(57(67)56(66)54(49-62)70-60)71-55(65)48-45-42-39-36-33-29-24-21-18-15-12-9-6-3/h16,19,25-26,30,32,38,41,43,46,51-54,56-58,60,62-64,66-67H,4-15,17-18,20-24,27-29,31,33-37,39-40,42,44-45,47-50H2,1-3H3,(H,61,68)/b19-16-,26-25-,32-30-,41-38-,46-43+. The van der Waals surface area contributed by atoms with Gasteiger partial charge in [0.1, 0.15) is 24.4 Å². The number of aliphatic hydroxyl groups is 5. The molecule has 8 atom stereocenters. The van der Waals surface area contributed by atoms with Crippen LogP contribution in [0.2, 0.25) is 0 Å². The topological polar surface area (TPSA) is 175 Å². The van der Waals surface area contributed by atoms with Crippen LogP contribution in [0.1, 0.15) is 245 Å². The summed E-state index contributed by atoms with van der Waals surface area (Å²) in [7, 11) is 0. The maximum absolute atomic E-state index is 13.4.